The van der Waals surface area contributed by atoms with Gasteiger partial charge in [-0.3, -0.25) is 14.9 Å². The lowest BCUT2D eigenvalue weighted by molar-refractivity contribution is 0.0374. The maximum atomic E-state index is 9.85. The number of morpholine rings is 1. The Bertz CT molecular complexity index is 1490. The van der Waals surface area contributed by atoms with Crippen LogP contribution in [0.1, 0.15) is 40.2 Å². The number of hydrogen-bond donors (Lipinski definition) is 3. The molecule has 39 heavy (non-hydrogen) atoms. The molecule has 1 aromatic carbocycles. The van der Waals surface area contributed by atoms with E-state index in [-0.39, 0.29) is 0 Å². The minimum absolute atomic E-state index is 0.497. The Morgan fingerprint density at radius 2 is 2.00 bits per heavy atom. The predicted octanol–water partition coefficient (Wildman–Crippen LogP) is 5.17. The maximum absolute atomic E-state index is 9.85. The number of hydrogen-bond acceptors (Lipinski definition) is 7. The van der Waals surface area contributed by atoms with E-state index in [0.717, 1.165) is 103 Å². The van der Waals surface area contributed by atoms with E-state index in [2.05, 4.69) is 44.6 Å². The number of benzene rings is 1. The van der Waals surface area contributed by atoms with Crippen molar-refractivity contribution in [1.29, 1.82) is 5.26 Å². The van der Waals surface area contributed by atoms with Gasteiger partial charge in [0.25, 0.3) is 0 Å². The highest BCUT2D eigenvalue weighted by atomic mass is 16.5. The molecule has 0 aliphatic carbocycles. The summed E-state index contributed by atoms with van der Waals surface area (Å²) in [6.45, 7) is 10.6. The quantitative estimate of drug-likeness (QED) is 0.247. The lowest BCUT2D eigenvalue weighted by atomic mass is 10.0. The molecule has 5 rings (SSSR count). The molecule has 200 valence electrons. The fourth-order valence-corrected chi connectivity index (χ4v) is 4.93. The molecule has 4 heterocycles. The Hall–Kier alpha value is -4.03. The number of aryl methyl sites for hydroxylation is 2. The summed E-state index contributed by atoms with van der Waals surface area (Å²) in [6.07, 6.45) is 8.66. The number of nitrogens with zero attached hydrogens (tertiary/aromatic N) is 4. The number of anilines is 2. The van der Waals surface area contributed by atoms with Crippen LogP contribution in [0.3, 0.4) is 0 Å². The second-order valence-corrected chi connectivity index (χ2v) is 9.83. The van der Waals surface area contributed by atoms with Gasteiger partial charge < -0.3 is 20.4 Å². The Morgan fingerprint density at radius 3 is 2.85 bits per heavy atom. The molecule has 4 aromatic rings. The molecule has 0 saturated carbocycles. The van der Waals surface area contributed by atoms with Crippen LogP contribution in [0.25, 0.3) is 23.1 Å². The molecule has 0 bridgehead atoms. The third kappa shape index (κ3) is 6.52. The maximum Gasteiger partial charge on any atom is 0.103 e. The topological polar surface area (TPSA) is 102 Å². The van der Waals surface area contributed by atoms with Crippen molar-refractivity contribution >= 4 is 34.4 Å². The summed E-state index contributed by atoms with van der Waals surface area (Å²) in [6, 6.07) is 14.5. The van der Waals surface area contributed by atoms with E-state index in [1.807, 2.05) is 55.6 Å². The number of aromatic nitrogens is 3. The summed E-state index contributed by atoms with van der Waals surface area (Å²) in [5.74, 6) is 0. The third-order valence-electron chi connectivity index (χ3n) is 7.19. The monoisotopic (exact) mass is 521 g/mol. The lowest BCUT2D eigenvalue weighted by Crippen LogP contribution is -2.37. The smallest absolute Gasteiger partial charge is 0.103 e. The van der Waals surface area contributed by atoms with Gasteiger partial charge in [0.05, 0.1) is 35.9 Å². The molecule has 0 atom stereocenters. The Labute approximate surface area is 229 Å². The van der Waals surface area contributed by atoms with E-state index in [9.17, 15) is 5.26 Å². The normalized spacial score (nSPS) is 14.2. The second-order valence-electron chi connectivity index (χ2n) is 9.83. The SMILES string of the molecule is Cc1ncc(C#N)c(Nc2ccc3[nH]ccc3c2C)c1C=Cc1cccc(CNCCCN2CCOCC2)n1. The highest BCUT2D eigenvalue weighted by molar-refractivity contribution is 5.90. The van der Waals surface area contributed by atoms with Crippen molar-refractivity contribution in [3.63, 3.8) is 0 Å². The largest absolute Gasteiger partial charge is 0.379 e. The van der Waals surface area contributed by atoms with Crippen LogP contribution in [0.5, 0.6) is 0 Å². The molecule has 3 N–H and O–H groups in total. The van der Waals surface area contributed by atoms with Crippen molar-refractivity contribution in [3.8, 4) is 6.07 Å². The van der Waals surface area contributed by atoms with Crippen molar-refractivity contribution in [1.82, 2.24) is 25.2 Å². The molecule has 0 radical (unpaired) electrons. The summed E-state index contributed by atoms with van der Waals surface area (Å²) in [5, 5.41) is 18.0. The first-order valence-corrected chi connectivity index (χ1v) is 13.5. The lowest BCUT2D eigenvalue weighted by Gasteiger charge is -2.26. The number of aromatic amines is 1. The average Bonchev–Trinajstić information content (AvgIpc) is 3.45. The number of pyridine rings is 2. The van der Waals surface area contributed by atoms with Gasteiger partial charge in [0.15, 0.2) is 0 Å². The second kappa shape index (κ2) is 12.7. The molecule has 0 unspecified atom stereocenters. The summed E-state index contributed by atoms with van der Waals surface area (Å²) >= 11 is 0. The molecule has 0 amide bonds. The van der Waals surface area contributed by atoms with Crippen LogP contribution in [0, 0.1) is 25.2 Å². The van der Waals surface area contributed by atoms with Crippen LogP contribution in [-0.2, 0) is 11.3 Å². The zero-order valence-corrected chi connectivity index (χ0v) is 22.6. The molecule has 3 aromatic heterocycles. The molecule has 0 spiro atoms. The number of nitriles is 1. The average molecular weight is 522 g/mol. The fourth-order valence-electron chi connectivity index (χ4n) is 4.93. The fraction of sp³-hybridized carbons (Fsp3) is 0.323. The van der Waals surface area contributed by atoms with Gasteiger partial charge in [-0.25, -0.2) is 0 Å². The molecule has 8 heteroatoms. The van der Waals surface area contributed by atoms with Gasteiger partial charge in [-0.15, -0.1) is 0 Å². The predicted molar refractivity (Wildman–Crippen MR) is 157 cm³/mol. The van der Waals surface area contributed by atoms with E-state index in [4.69, 9.17) is 9.72 Å². The van der Waals surface area contributed by atoms with Gasteiger partial charge in [0.2, 0.25) is 0 Å². The zero-order valence-electron chi connectivity index (χ0n) is 22.6. The Balaban J connectivity index is 1.28. The molecule has 1 aliphatic heterocycles. The van der Waals surface area contributed by atoms with Crippen LogP contribution in [0.15, 0.2) is 48.8 Å². The van der Waals surface area contributed by atoms with Crippen LogP contribution in [0.2, 0.25) is 0 Å². The molecule has 1 fully saturated rings. The third-order valence-corrected chi connectivity index (χ3v) is 7.19. The van der Waals surface area contributed by atoms with E-state index in [1.54, 1.807) is 6.20 Å². The van der Waals surface area contributed by atoms with Crippen molar-refractivity contribution in [2.75, 3.05) is 44.7 Å². The van der Waals surface area contributed by atoms with Gasteiger partial charge in [0.1, 0.15) is 6.07 Å². The van der Waals surface area contributed by atoms with Gasteiger partial charge >= 0.3 is 0 Å². The molecule has 1 aliphatic rings. The minimum Gasteiger partial charge on any atom is -0.379 e. The summed E-state index contributed by atoms with van der Waals surface area (Å²) in [4.78, 5) is 15.0. The first-order valence-electron chi connectivity index (χ1n) is 13.5. The Morgan fingerprint density at radius 1 is 1.13 bits per heavy atom. The van der Waals surface area contributed by atoms with E-state index >= 15 is 0 Å². The van der Waals surface area contributed by atoms with Gasteiger partial charge in [0, 0.05) is 59.9 Å². The van der Waals surface area contributed by atoms with E-state index in [0.29, 0.717) is 5.56 Å². The minimum atomic E-state index is 0.497. The van der Waals surface area contributed by atoms with Crippen molar-refractivity contribution in [2.24, 2.45) is 0 Å². The van der Waals surface area contributed by atoms with E-state index in [1.165, 1.54) is 0 Å². The first kappa shape index (κ1) is 26.6. The highest BCUT2D eigenvalue weighted by Gasteiger charge is 2.14. The van der Waals surface area contributed by atoms with Crippen LogP contribution >= 0.6 is 0 Å². The number of nitrogens with one attached hydrogen (secondary N) is 3. The highest BCUT2D eigenvalue weighted by Crippen LogP contribution is 2.32. The summed E-state index contributed by atoms with van der Waals surface area (Å²) in [7, 11) is 0. The molecular formula is C31H35N7O. The number of rotatable bonds is 10. The van der Waals surface area contributed by atoms with Gasteiger partial charge in [-0.1, -0.05) is 6.07 Å². The zero-order chi connectivity index (χ0) is 27.0. The summed E-state index contributed by atoms with van der Waals surface area (Å²) < 4.78 is 5.42. The van der Waals surface area contributed by atoms with Crippen molar-refractivity contribution in [3.05, 3.63) is 82.6 Å². The van der Waals surface area contributed by atoms with Crippen LogP contribution in [0.4, 0.5) is 11.4 Å². The summed E-state index contributed by atoms with van der Waals surface area (Å²) in [5.41, 5.74) is 7.98. The molecule has 8 nitrogen and oxygen atoms in total. The van der Waals surface area contributed by atoms with Crippen LogP contribution in [-0.4, -0.2) is 59.2 Å². The van der Waals surface area contributed by atoms with Crippen molar-refractivity contribution < 1.29 is 4.74 Å². The Kier molecular flexibility index (Phi) is 8.64. The number of fused-ring (bicyclic) bond motifs is 1. The van der Waals surface area contributed by atoms with Gasteiger partial charge in [-0.05, 0) is 81.4 Å². The van der Waals surface area contributed by atoms with Crippen molar-refractivity contribution in [2.45, 2.75) is 26.8 Å². The van der Waals surface area contributed by atoms with Crippen LogP contribution < -0.4 is 10.6 Å². The molecular weight excluding hydrogens is 486 g/mol. The first-order chi connectivity index (χ1) is 19.1. The number of H-pyrrole nitrogens is 1. The van der Waals surface area contributed by atoms with E-state index < -0.39 is 0 Å². The number of ether oxygens (including phenoxy) is 1. The van der Waals surface area contributed by atoms with Gasteiger partial charge in [-0.2, -0.15) is 5.26 Å². The molecule has 1 saturated heterocycles. The standard InChI is InChI=1S/C31H35N7O/c1-22-27-11-13-34-30(27)10-9-29(22)37-31-24(19-32)20-35-23(2)28(31)8-7-25-5-3-6-26(36-25)21-33-12-4-14-38-15-17-39-18-16-38/h3,5-11,13,20,33-34H,4,12,14-18,21H2,1-2H3,(H,35,37).